The summed E-state index contributed by atoms with van der Waals surface area (Å²) < 4.78 is 59.2. The van der Waals surface area contributed by atoms with E-state index >= 15 is 0 Å². The molecule has 0 fully saturated rings. The number of benzene rings is 2. The third-order valence-electron chi connectivity index (χ3n) is 4.16. The fraction of sp³-hybridized carbons (Fsp3) is 0.200. The van der Waals surface area contributed by atoms with Gasteiger partial charge in [0.2, 0.25) is 5.91 Å². The summed E-state index contributed by atoms with van der Waals surface area (Å²) in [6.45, 7) is 1.12. The monoisotopic (exact) mass is 440 g/mol. The lowest BCUT2D eigenvalue weighted by atomic mass is 10.1. The largest absolute Gasteiger partial charge is 0.416 e. The van der Waals surface area contributed by atoms with Crippen molar-refractivity contribution in [3.05, 3.63) is 58.2 Å². The van der Waals surface area contributed by atoms with Crippen LogP contribution in [0, 0.1) is 5.82 Å². The van der Waals surface area contributed by atoms with Gasteiger partial charge in [-0.1, -0.05) is 6.07 Å². The van der Waals surface area contributed by atoms with Crippen molar-refractivity contribution in [3.8, 4) is 0 Å². The Morgan fingerprint density at radius 1 is 1.10 bits per heavy atom. The highest BCUT2D eigenvalue weighted by Crippen LogP contribution is 2.37. The van der Waals surface area contributed by atoms with E-state index in [-0.39, 0.29) is 28.2 Å². The Hall–Kier alpha value is -2.98. The minimum Gasteiger partial charge on any atom is -0.380 e. The highest BCUT2D eigenvalue weighted by Gasteiger charge is 2.31. The molecule has 0 saturated heterocycles. The standard InChI is InChI=1S/C20H16F4N2O3S/c1-10(27)25-14-7-6-11(20(22,23)24)8-15(14)26-19(28)18-12(9-29-2)17-13(21)4-3-5-16(17)30-18/h3-8H,9H2,1-2H3,(H,25,27)(H,26,28). The number of methoxy groups -OCH3 is 1. The van der Waals surface area contributed by atoms with E-state index in [9.17, 15) is 27.2 Å². The smallest absolute Gasteiger partial charge is 0.380 e. The van der Waals surface area contributed by atoms with Gasteiger partial charge in [-0.2, -0.15) is 13.2 Å². The number of ether oxygens (including phenoxy) is 1. The van der Waals surface area contributed by atoms with E-state index in [2.05, 4.69) is 10.6 Å². The van der Waals surface area contributed by atoms with Gasteiger partial charge >= 0.3 is 6.18 Å². The number of carbonyl (C=O) groups excluding carboxylic acids is 2. The Labute approximate surface area is 172 Å². The number of thiophene rings is 1. The third kappa shape index (κ3) is 4.44. The van der Waals surface area contributed by atoms with E-state index in [4.69, 9.17) is 4.74 Å². The van der Waals surface area contributed by atoms with Crippen LogP contribution in [0.1, 0.15) is 27.7 Å². The maximum Gasteiger partial charge on any atom is 0.416 e. The van der Waals surface area contributed by atoms with Crippen LogP contribution in [0.25, 0.3) is 10.1 Å². The van der Waals surface area contributed by atoms with Crippen LogP contribution in [0.15, 0.2) is 36.4 Å². The van der Waals surface area contributed by atoms with Crippen molar-refractivity contribution in [2.75, 3.05) is 17.7 Å². The fourth-order valence-electron chi connectivity index (χ4n) is 2.93. The molecule has 30 heavy (non-hydrogen) atoms. The first-order valence-corrected chi connectivity index (χ1v) is 9.42. The van der Waals surface area contributed by atoms with Crippen molar-refractivity contribution in [2.45, 2.75) is 19.7 Å². The molecule has 2 aromatic carbocycles. The lowest BCUT2D eigenvalue weighted by Gasteiger charge is -2.15. The van der Waals surface area contributed by atoms with Crippen LogP contribution >= 0.6 is 11.3 Å². The molecule has 3 rings (SSSR count). The van der Waals surface area contributed by atoms with Gasteiger partial charge in [0.05, 0.1) is 28.4 Å². The number of anilines is 2. The molecule has 158 valence electrons. The van der Waals surface area contributed by atoms with Gasteiger partial charge < -0.3 is 15.4 Å². The molecule has 2 amide bonds. The van der Waals surface area contributed by atoms with Gasteiger partial charge in [-0.15, -0.1) is 11.3 Å². The second-order valence-electron chi connectivity index (χ2n) is 6.35. The Morgan fingerprint density at radius 2 is 1.83 bits per heavy atom. The van der Waals surface area contributed by atoms with Crippen molar-refractivity contribution < 1.29 is 31.9 Å². The minimum atomic E-state index is -4.64. The molecular weight excluding hydrogens is 424 g/mol. The van der Waals surface area contributed by atoms with E-state index in [0.29, 0.717) is 10.3 Å². The van der Waals surface area contributed by atoms with Crippen molar-refractivity contribution >= 4 is 44.6 Å². The first-order valence-electron chi connectivity index (χ1n) is 8.60. The van der Waals surface area contributed by atoms with E-state index in [1.807, 2.05) is 0 Å². The van der Waals surface area contributed by atoms with Crippen LogP contribution in [-0.4, -0.2) is 18.9 Å². The predicted octanol–water partition coefficient (Wildman–Crippen LogP) is 5.42. The minimum absolute atomic E-state index is 0.00410. The summed E-state index contributed by atoms with van der Waals surface area (Å²) in [7, 11) is 1.38. The molecule has 0 unspecified atom stereocenters. The lowest BCUT2D eigenvalue weighted by molar-refractivity contribution is -0.137. The molecule has 0 spiro atoms. The summed E-state index contributed by atoms with van der Waals surface area (Å²) in [6.07, 6.45) is -4.64. The molecule has 0 radical (unpaired) electrons. The van der Waals surface area contributed by atoms with Crippen LogP contribution in [-0.2, 0) is 22.3 Å². The second-order valence-corrected chi connectivity index (χ2v) is 7.40. The molecule has 3 aromatic rings. The normalized spacial score (nSPS) is 11.5. The summed E-state index contributed by atoms with van der Waals surface area (Å²) in [5, 5.41) is 5.01. The Morgan fingerprint density at radius 3 is 2.47 bits per heavy atom. The van der Waals surface area contributed by atoms with Crippen molar-refractivity contribution in [3.63, 3.8) is 0 Å². The molecule has 0 saturated carbocycles. The average molecular weight is 440 g/mol. The summed E-state index contributed by atoms with van der Waals surface area (Å²) in [4.78, 5) is 24.4. The van der Waals surface area contributed by atoms with E-state index < -0.39 is 29.4 Å². The van der Waals surface area contributed by atoms with Gasteiger partial charge in [0.15, 0.2) is 0 Å². The van der Waals surface area contributed by atoms with Crippen LogP contribution in [0.2, 0.25) is 0 Å². The lowest BCUT2D eigenvalue weighted by Crippen LogP contribution is -2.17. The Kier molecular flexibility index (Phi) is 6.09. The van der Waals surface area contributed by atoms with E-state index in [1.165, 1.54) is 26.2 Å². The average Bonchev–Trinajstić information content (AvgIpc) is 3.02. The zero-order valence-electron chi connectivity index (χ0n) is 15.8. The Bertz CT molecular complexity index is 1130. The highest BCUT2D eigenvalue weighted by atomic mass is 32.1. The van der Waals surface area contributed by atoms with Gasteiger partial charge in [-0.25, -0.2) is 4.39 Å². The summed E-state index contributed by atoms with van der Waals surface area (Å²) >= 11 is 0.993. The molecular formula is C20H16F4N2O3S. The Balaban J connectivity index is 2.06. The maximum absolute atomic E-state index is 14.3. The molecule has 10 heteroatoms. The van der Waals surface area contributed by atoms with Crippen molar-refractivity contribution in [1.29, 1.82) is 0 Å². The molecule has 0 aliphatic rings. The number of amides is 2. The number of hydrogen-bond acceptors (Lipinski definition) is 4. The molecule has 5 nitrogen and oxygen atoms in total. The number of carbonyl (C=O) groups is 2. The summed E-state index contributed by atoms with van der Waals surface area (Å²) in [5.74, 6) is -1.80. The van der Waals surface area contributed by atoms with Crippen LogP contribution in [0.5, 0.6) is 0 Å². The number of nitrogens with one attached hydrogen (secondary N) is 2. The molecule has 0 aliphatic heterocycles. The van der Waals surface area contributed by atoms with E-state index in [0.717, 1.165) is 29.5 Å². The van der Waals surface area contributed by atoms with Crippen molar-refractivity contribution in [2.24, 2.45) is 0 Å². The van der Waals surface area contributed by atoms with Crippen LogP contribution in [0.3, 0.4) is 0 Å². The molecule has 1 aromatic heterocycles. The van der Waals surface area contributed by atoms with Crippen LogP contribution < -0.4 is 10.6 Å². The van der Waals surface area contributed by atoms with Gasteiger partial charge in [-0.05, 0) is 30.3 Å². The molecule has 1 heterocycles. The number of hydrogen-bond donors (Lipinski definition) is 2. The first-order chi connectivity index (χ1) is 14.1. The SMILES string of the molecule is COCc1c(C(=O)Nc2cc(C(F)(F)F)ccc2NC(C)=O)sc2cccc(F)c12. The maximum atomic E-state index is 14.3. The molecule has 0 atom stereocenters. The first kappa shape index (κ1) is 21.7. The topological polar surface area (TPSA) is 67.4 Å². The third-order valence-corrected chi connectivity index (χ3v) is 5.36. The molecule has 2 N–H and O–H groups in total. The zero-order valence-corrected chi connectivity index (χ0v) is 16.6. The van der Waals surface area contributed by atoms with Crippen LogP contribution in [0.4, 0.5) is 28.9 Å². The molecule has 0 aliphatic carbocycles. The van der Waals surface area contributed by atoms with Gasteiger partial charge in [-0.3, -0.25) is 9.59 Å². The summed E-state index contributed by atoms with van der Waals surface area (Å²) in [6, 6.07) is 6.96. The molecule has 0 bridgehead atoms. The van der Waals surface area contributed by atoms with Gasteiger partial charge in [0.1, 0.15) is 5.82 Å². The summed E-state index contributed by atoms with van der Waals surface area (Å²) in [5.41, 5.74) is -0.927. The predicted molar refractivity (Wildman–Crippen MR) is 106 cm³/mol. The number of fused-ring (bicyclic) bond motifs is 1. The quantitative estimate of drug-likeness (QED) is 0.521. The zero-order chi connectivity index (χ0) is 22.1. The van der Waals surface area contributed by atoms with Gasteiger partial charge in [0.25, 0.3) is 5.91 Å². The van der Waals surface area contributed by atoms with Gasteiger partial charge in [0, 0.05) is 29.7 Å². The van der Waals surface area contributed by atoms with Crippen molar-refractivity contribution in [1.82, 2.24) is 0 Å². The number of alkyl halides is 3. The highest BCUT2D eigenvalue weighted by molar-refractivity contribution is 7.21. The number of rotatable bonds is 5. The number of halogens is 4. The second kappa shape index (κ2) is 8.41. The van der Waals surface area contributed by atoms with E-state index in [1.54, 1.807) is 6.07 Å². The fourth-order valence-corrected chi connectivity index (χ4v) is 4.05.